The van der Waals surface area contributed by atoms with Gasteiger partial charge in [0.2, 0.25) is 5.91 Å². The molecule has 1 saturated heterocycles. The molecular formula is C8H11Br2NO3. The number of hydrogen-bond donors (Lipinski definition) is 1. The van der Waals surface area contributed by atoms with E-state index in [0.29, 0.717) is 19.4 Å². The molecule has 2 atom stereocenters. The van der Waals surface area contributed by atoms with E-state index >= 15 is 0 Å². The Morgan fingerprint density at radius 3 is 2.93 bits per heavy atom. The lowest BCUT2D eigenvalue weighted by atomic mass is 10.2. The number of alkyl halides is 2. The van der Waals surface area contributed by atoms with E-state index in [1.54, 1.807) is 0 Å². The van der Waals surface area contributed by atoms with E-state index in [-0.39, 0.29) is 16.7 Å². The summed E-state index contributed by atoms with van der Waals surface area (Å²) in [5.74, 6) is -0.495. The Labute approximate surface area is 99.0 Å². The maximum Gasteiger partial charge on any atom is 0.328 e. The Morgan fingerprint density at radius 1 is 1.71 bits per heavy atom. The third-order valence-corrected chi connectivity index (χ3v) is 3.23. The highest BCUT2D eigenvalue weighted by Crippen LogP contribution is 2.10. The summed E-state index contributed by atoms with van der Waals surface area (Å²) in [5, 5.41) is 3.37. The van der Waals surface area contributed by atoms with Crippen LogP contribution >= 0.6 is 31.9 Å². The molecule has 1 fully saturated rings. The topological polar surface area (TPSA) is 55.4 Å². The van der Waals surface area contributed by atoms with Gasteiger partial charge in [-0.05, 0) is 6.42 Å². The molecule has 1 aliphatic rings. The third-order valence-electron chi connectivity index (χ3n) is 1.90. The van der Waals surface area contributed by atoms with Crippen molar-refractivity contribution in [2.45, 2.75) is 23.7 Å². The maximum atomic E-state index is 11.4. The van der Waals surface area contributed by atoms with Gasteiger partial charge in [-0.2, -0.15) is 0 Å². The lowest BCUT2D eigenvalue weighted by Crippen LogP contribution is -2.41. The number of cyclic esters (lactones) is 1. The highest BCUT2D eigenvalue weighted by atomic mass is 79.9. The minimum absolute atomic E-state index is 0.159. The van der Waals surface area contributed by atoms with E-state index in [1.165, 1.54) is 0 Å². The van der Waals surface area contributed by atoms with Crippen molar-refractivity contribution < 1.29 is 14.3 Å². The van der Waals surface area contributed by atoms with Crippen LogP contribution in [-0.2, 0) is 14.3 Å². The number of ether oxygens (including phenoxy) is 1. The molecule has 0 aromatic rings. The zero-order valence-corrected chi connectivity index (χ0v) is 10.6. The molecule has 0 spiro atoms. The molecule has 80 valence electrons. The number of esters is 1. The molecule has 0 radical (unpaired) electrons. The van der Waals surface area contributed by atoms with E-state index in [2.05, 4.69) is 37.2 Å². The predicted octanol–water partition coefficient (Wildman–Crippen LogP) is 0.967. The van der Waals surface area contributed by atoms with Crippen LogP contribution in [0.25, 0.3) is 0 Å². The maximum absolute atomic E-state index is 11.4. The second-order valence-electron chi connectivity index (χ2n) is 2.96. The Kier molecular flexibility index (Phi) is 4.88. The van der Waals surface area contributed by atoms with Gasteiger partial charge in [-0.1, -0.05) is 31.9 Å². The van der Waals surface area contributed by atoms with Crippen LogP contribution in [0.3, 0.4) is 0 Å². The zero-order valence-electron chi connectivity index (χ0n) is 7.46. The number of hydrogen-bond acceptors (Lipinski definition) is 3. The van der Waals surface area contributed by atoms with Gasteiger partial charge < -0.3 is 10.1 Å². The molecule has 6 heteroatoms. The van der Waals surface area contributed by atoms with Gasteiger partial charge in [0.25, 0.3) is 0 Å². The summed E-state index contributed by atoms with van der Waals surface area (Å²) >= 11 is 6.48. The van der Waals surface area contributed by atoms with E-state index in [0.717, 1.165) is 5.33 Å². The summed E-state index contributed by atoms with van der Waals surface area (Å²) in [6.45, 7) is 0.398. The van der Waals surface area contributed by atoms with Crippen molar-refractivity contribution in [3.63, 3.8) is 0 Å². The Morgan fingerprint density at radius 2 is 2.43 bits per heavy atom. The molecule has 1 rings (SSSR count). The van der Waals surface area contributed by atoms with Crippen molar-refractivity contribution in [1.82, 2.24) is 5.32 Å². The minimum atomic E-state index is -0.460. The highest BCUT2D eigenvalue weighted by molar-refractivity contribution is 9.10. The molecule has 0 bridgehead atoms. The van der Waals surface area contributed by atoms with Gasteiger partial charge in [0.05, 0.1) is 11.4 Å². The predicted molar refractivity (Wildman–Crippen MR) is 58.6 cm³/mol. The van der Waals surface area contributed by atoms with Crippen molar-refractivity contribution in [1.29, 1.82) is 0 Å². The summed E-state index contributed by atoms with van der Waals surface area (Å²) in [7, 11) is 0. The average molecular weight is 329 g/mol. The zero-order chi connectivity index (χ0) is 10.6. The molecule has 0 aliphatic carbocycles. The number of nitrogens with one attached hydrogen (secondary N) is 1. The minimum Gasteiger partial charge on any atom is -0.464 e. The van der Waals surface area contributed by atoms with Crippen LogP contribution in [0.2, 0.25) is 0 Å². The van der Waals surface area contributed by atoms with Gasteiger partial charge in [-0.15, -0.1) is 0 Å². The van der Waals surface area contributed by atoms with Crippen molar-refractivity contribution >= 4 is 43.7 Å². The van der Waals surface area contributed by atoms with Gasteiger partial charge in [0, 0.05) is 11.8 Å². The second-order valence-corrected chi connectivity index (χ2v) is 4.86. The van der Waals surface area contributed by atoms with Gasteiger partial charge in [-0.3, -0.25) is 4.79 Å². The van der Waals surface area contributed by atoms with Gasteiger partial charge in [0.1, 0.15) is 6.04 Å². The number of carbonyl (C=O) groups excluding carboxylic acids is 2. The first-order valence-corrected chi connectivity index (χ1v) is 6.36. The molecular weight excluding hydrogens is 318 g/mol. The summed E-state index contributed by atoms with van der Waals surface area (Å²) in [6.07, 6.45) is 1.26. The lowest BCUT2D eigenvalue weighted by molar-refractivity contribution is -0.141. The van der Waals surface area contributed by atoms with Crippen LogP contribution in [0.15, 0.2) is 0 Å². The van der Waals surface area contributed by atoms with Crippen molar-refractivity contribution in [3.05, 3.63) is 0 Å². The van der Waals surface area contributed by atoms with Crippen LogP contribution in [0.5, 0.6) is 0 Å². The number of halogens is 2. The number of rotatable bonds is 4. The van der Waals surface area contributed by atoms with Crippen molar-refractivity contribution in [2.24, 2.45) is 0 Å². The fraction of sp³-hybridized carbons (Fsp3) is 0.750. The summed E-state index contributed by atoms with van der Waals surface area (Å²) in [6, 6.07) is -0.460. The molecule has 0 saturated carbocycles. The number of carbonyl (C=O) groups is 2. The molecule has 14 heavy (non-hydrogen) atoms. The van der Waals surface area contributed by atoms with Gasteiger partial charge >= 0.3 is 5.97 Å². The fourth-order valence-electron chi connectivity index (χ4n) is 1.12. The van der Waals surface area contributed by atoms with Crippen molar-refractivity contribution in [2.75, 3.05) is 11.9 Å². The Bertz CT molecular complexity index is 235. The second kappa shape index (κ2) is 5.70. The monoisotopic (exact) mass is 327 g/mol. The van der Waals surface area contributed by atoms with Gasteiger partial charge in [-0.25, -0.2) is 4.79 Å². The number of amides is 1. The van der Waals surface area contributed by atoms with Crippen molar-refractivity contribution in [3.8, 4) is 0 Å². The summed E-state index contributed by atoms with van der Waals surface area (Å²) in [5.41, 5.74) is 0. The van der Waals surface area contributed by atoms with E-state index < -0.39 is 6.04 Å². The summed E-state index contributed by atoms with van der Waals surface area (Å²) < 4.78 is 4.73. The lowest BCUT2D eigenvalue weighted by Gasteiger charge is -2.12. The molecule has 1 N–H and O–H groups in total. The highest BCUT2D eigenvalue weighted by Gasteiger charge is 2.29. The molecule has 2 unspecified atom stereocenters. The molecule has 1 aliphatic heterocycles. The first-order valence-electron chi connectivity index (χ1n) is 4.32. The molecule has 1 heterocycles. The van der Waals surface area contributed by atoms with Crippen LogP contribution < -0.4 is 5.32 Å². The van der Waals surface area contributed by atoms with Crippen LogP contribution in [0.1, 0.15) is 12.8 Å². The van der Waals surface area contributed by atoms with Crippen LogP contribution in [0, 0.1) is 0 Å². The molecule has 4 nitrogen and oxygen atoms in total. The van der Waals surface area contributed by atoms with E-state index in [1.807, 2.05) is 0 Å². The van der Waals surface area contributed by atoms with E-state index in [4.69, 9.17) is 4.74 Å². The smallest absolute Gasteiger partial charge is 0.328 e. The largest absolute Gasteiger partial charge is 0.464 e. The SMILES string of the molecule is O=C(NC1CCOC1=O)C(Br)CCBr. The third kappa shape index (κ3) is 3.24. The first kappa shape index (κ1) is 12.0. The quantitative estimate of drug-likeness (QED) is 0.618. The molecule has 1 amide bonds. The normalized spacial score (nSPS) is 23.0. The fourth-order valence-corrected chi connectivity index (χ4v) is 2.55. The Hall–Kier alpha value is -0.100. The molecule has 0 aromatic carbocycles. The van der Waals surface area contributed by atoms with Gasteiger partial charge in [0.15, 0.2) is 0 Å². The van der Waals surface area contributed by atoms with Crippen LogP contribution in [-0.4, -0.2) is 34.7 Å². The average Bonchev–Trinajstić information content (AvgIpc) is 2.52. The standard InChI is InChI=1S/C8H11Br2NO3/c9-3-1-5(10)7(12)11-6-2-4-14-8(6)13/h5-6H,1-4H2,(H,11,12). The first-order chi connectivity index (χ1) is 6.65. The Balaban J connectivity index is 2.36. The van der Waals surface area contributed by atoms with Crippen LogP contribution in [0.4, 0.5) is 0 Å². The summed E-state index contributed by atoms with van der Waals surface area (Å²) in [4.78, 5) is 22.2. The molecule has 0 aromatic heterocycles. The van der Waals surface area contributed by atoms with E-state index in [9.17, 15) is 9.59 Å².